The predicted octanol–water partition coefficient (Wildman–Crippen LogP) is 3.65. The number of hydrogen-bond acceptors (Lipinski definition) is 6. The molecule has 0 saturated heterocycles. The summed E-state index contributed by atoms with van der Waals surface area (Å²) in [6, 6.07) is 16.3. The van der Waals surface area contributed by atoms with Gasteiger partial charge in [-0.2, -0.15) is 0 Å². The maximum absolute atomic E-state index is 14.5. The molecule has 0 aliphatic heterocycles. The summed E-state index contributed by atoms with van der Waals surface area (Å²) in [5, 5.41) is 2.19. The second kappa shape index (κ2) is 11.0. The van der Waals surface area contributed by atoms with Crippen molar-refractivity contribution in [3.05, 3.63) is 71.8 Å². The van der Waals surface area contributed by atoms with Crippen LogP contribution in [0.3, 0.4) is 0 Å². The van der Waals surface area contributed by atoms with Gasteiger partial charge < -0.3 is 14.3 Å². The van der Waals surface area contributed by atoms with Crippen LogP contribution in [0.4, 0.5) is 4.39 Å². The molecule has 2 aromatic rings. The van der Waals surface area contributed by atoms with Gasteiger partial charge in [0.25, 0.3) is 0 Å². The van der Waals surface area contributed by atoms with Gasteiger partial charge in [0.15, 0.2) is 12.3 Å². The van der Waals surface area contributed by atoms with Gasteiger partial charge in [-0.3, -0.25) is 0 Å². The average Bonchev–Trinajstić information content (AvgIpc) is 2.74. The molecule has 0 saturated carbocycles. The lowest BCUT2D eigenvalue weighted by atomic mass is 10.1. The van der Waals surface area contributed by atoms with E-state index < -0.39 is 29.6 Å². The molecule has 8 heteroatoms. The van der Waals surface area contributed by atoms with Crippen molar-refractivity contribution in [3.63, 3.8) is 0 Å². The van der Waals surface area contributed by atoms with Crippen molar-refractivity contribution in [1.29, 1.82) is 0 Å². The zero-order chi connectivity index (χ0) is 20.4. The number of carbonyl (C=O) groups excluding carboxylic acids is 2. The SMILES string of the molecule is CO/N=C/C(F)C(OC(=O)c1ccccc1)C(Cl)COC(=O)c1ccccc1. The van der Waals surface area contributed by atoms with Crippen molar-refractivity contribution >= 4 is 29.8 Å². The van der Waals surface area contributed by atoms with Crippen LogP contribution >= 0.6 is 11.6 Å². The zero-order valence-electron chi connectivity index (χ0n) is 15.0. The molecule has 28 heavy (non-hydrogen) atoms. The molecule has 6 nitrogen and oxygen atoms in total. The minimum absolute atomic E-state index is 0.230. The Labute approximate surface area is 166 Å². The zero-order valence-corrected chi connectivity index (χ0v) is 15.8. The molecule has 2 rings (SSSR count). The van der Waals surface area contributed by atoms with Crippen molar-refractivity contribution in [2.24, 2.45) is 5.16 Å². The summed E-state index contributed by atoms with van der Waals surface area (Å²) in [5.41, 5.74) is 0.551. The van der Waals surface area contributed by atoms with Crippen LogP contribution in [0.15, 0.2) is 65.8 Å². The number of carbonyl (C=O) groups is 2. The predicted molar refractivity (Wildman–Crippen MR) is 102 cm³/mol. The summed E-state index contributed by atoms with van der Waals surface area (Å²) in [5.74, 6) is -1.39. The number of esters is 2. The second-order valence-electron chi connectivity index (χ2n) is 5.60. The highest BCUT2D eigenvalue weighted by atomic mass is 35.5. The Bertz CT molecular complexity index is 788. The maximum Gasteiger partial charge on any atom is 0.338 e. The maximum atomic E-state index is 14.5. The first-order valence-electron chi connectivity index (χ1n) is 8.36. The summed E-state index contributed by atoms with van der Waals surface area (Å²) in [4.78, 5) is 28.7. The molecule has 0 aliphatic carbocycles. The summed E-state index contributed by atoms with van der Waals surface area (Å²) in [7, 11) is 1.24. The van der Waals surface area contributed by atoms with Crippen LogP contribution in [-0.2, 0) is 14.3 Å². The van der Waals surface area contributed by atoms with Crippen LogP contribution in [0.1, 0.15) is 20.7 Å². The number of rotatable bonds is 9. The third kappa shape index (κ3) is 6.35. The fourth-order valence-corrected chi connectivity index (χ4v) is 2.47. The Morgan fingerprint density at radius 3 is 2.11 bits per heavy atom. The topological polar surface area (TPSA) is 74.2 Å². The third-order valence-corrected chi connectivity index (χ3v) is 3.99. The molecule has 2 aromatic carbocycles. The molecule has 3 atom stereocenters. The number of alkyl halides is 2. The van der Waals surface area contributed by atoms with E-state index in [1.54, 1.807) is 48.5 Å². The van der Waals surface area contributed by atoms with Crippen molar-refractivity contribution < 1.29 is 28.3 Å². The third-order valence-electron chi connectivity index (χ3n) is 3.61. The Hall–Kier alpha value is -2.93. The number of hydrogen-bond donors (Lipinski definition) is 0. The van der Waals surface area contributed by atoms with Crippen LogP contribution in [-0.4, -0.2) is 49.5 Å². The van der Waals surface area contributed by atoms with Crippen molar-refractivity contribution in [1.82, 2.24) is 0 Å². The molecule has 0 spiro atoms. The Kier molecular flexibility index (Phi) is 8.42. The van der Waals surface area contributed by atoms with Gasteiger partial charge in [-0.05, 0) is 24.3 Å². The molecule has 0 heterocycles. The van der Waals surface area contributed by atoms with E-state index in [4.69, 9.17) is 21.1 Å². The van der Waals surface area contributed by atoms with Crippen LogP contribution in [0.5, 0.6) is 0 Å². The standard InChI is InChI=1S/C20H19ClFNO5/c1-26-23-12-17(22)18(28-20(25)15-10-6-3-7-11-15)16(21)13-27-19(24)14-8-4-2-5-9-14/h2-12,16-18H,13H2,1H3/b23-12+. The van der Waals surface area contributed by atoms with E-state index in [9.17, 15) is 14.0 Å². The van der Waals surface area contributed by atoms with E-state index in [0.29, 0.717) is 5.56 Å². The van der Waals surface area contributed by atoms with Gasteiger partial charge >= 0.3 is 11.9 Å². The molecule has 0 N–H and O–H groups in total. The number of halogens is 2. The highest BCUT2D eigenvalue weighted by molar-refractivity contribution is 6.21. The quantitative estimate of drug-likeness (QED) is 0.274. The molecule has 148 valence electrons. The first-order valence-corrected chi connectivity index (χ1v) is 8.79. The largest absolute Gasteiger partial charge is 0.460 e. The van der Waals surface area contributed by atoms with Gasteiger partial charge in [0.2, 0.25) is 0 Å². The van der Waals surface area contributed by atoms with Crippen LogP contribution < -0.4 is 0 Å². The molecule has 0 aliphatic rings. The Balaban J connectivity index is 2.05. The normalized spacial score (nSPS) is 14.1. The van der Waals surface area contributed by atoms with Crippen molar-refractivity contribution in [3.8, 4) is 0 Å². The van der Waals surface area contributed by atoms with E-state index in [-0.39, 0.29) is 12.2 Å². The lowest BCUT2D eigenvalue weighted by molar-refractivity contribution is 0.00677. The number of ether oxygens (including phenoxy) is 2. The first-order chi connectivity index (χ1) is 13.5. The fourth-order valence-electron chi connectivity index (χ4n) is 2.22. The first kappa shape index (κ1) is 21.4. The van der Waals surface area contributed by atoms with Crippen LogP contribution in [0.25, 0.3) is 0 Å². The van der Waals surface area contributed by atoms with E-state index >= 15 is 0 Å². The lowest BCUT2D eigenvalue weighted by Crippen LogP contribution is -2.40. The summed E-state index contributed by atoms with van der Waals surface area (Å²) >= 11 is 6.19. The van der Waals surface area contributed by atoms with Crippen LogP contribution in [0.2, 0.25) is 0 Å². The highest BCUT2D eigenvalue weighted by Gasteiger charge is 2.33. The fraction of sp³-hybridized carbons (Fsp3) is 0.250. The summed E-state index contributed by atoms with van der Waals surface area (Å²) < 4.78 is 24.8. The average molecular weight is 408 g/mol. The number of benzene rings is 2. The van der Waals surface area contributed by atoms with Gasteiger partial charge in [0, 0.05) is 0 Å². The minimum Gasteiger partial charge on any atom is -0.460 e. The number of nitrogens with zero attached hydrogens (tertiary/aromatic N) is 1. The molecule has 0 radical (unpaired) electrons. The summed E-state index contributed by atoms with van der Waals surface area (Å²) in [6.45, 7) is -0.372. The molecule has 0 aromatic heterocycles. The van der Waals surface area contributed by atoms with Gasteiger partial charge in [-0.15, -0.1) is 11.6 Å². The van der Waals surface area contributed by atoms with E-state index in [1.165, 1.54) is 19.2 Å². The van der Waals surface area contributed by atoms with Gasteiger partial charge in [0.05, 0.1) is 17.3 Å². The van der Waals surface area contributed by atoms with Crippen LogP contribution in [0, 0.1) is 0 Å². The second-order valence-corrected chi connectivity index (χ2v) is 6.16. The summed E-state index contributed by atoms with van der Waals surface area (Å²) in [6.07, 6.45) is -2.50. The Morgan fingerprint density at radius 1 is 1.04 bits per heavy atom. The Morgan fingerprint density at radius 2 is 1.57 bits per heavy atom. The molecule has 0 amide bonds. The molecule has 0 fully saturated rings. The van der Waals surface area contributed by atoms with Crippen molar-refractivity contribution in [2.45, 2.75) is 17.7 Å². The number of oxime groups is 1. The van der Waals surface area contributed by atoms with E-state index in [2.05, 4.69) is 9.99 Å². The molecular formula is C20H19ClFNO5. The smallest absolute Gasteiger partial charge is 0.338 e. The molecular weight excluding hydrogens is 389 g/mol. The van der Waals surface area contributed by atoms with Gasteiger partial charge in [0.1, 0.15) is 19.1 Å². The monoisotopic (exact) mass is 407 g/mol. The minimum atomic E-state index is -1.87. The van der Waals surface area contributed by atoms with E-state index in [0.717, 1.165) is 6.21 Å². The highest BCUT2D eigenvalue weighted by Crippen LogP contribution is 2.17. The lowest BCUT2D eigenvalue weighted by Gasteiger charge is -2.23. The van der Waals surface area contributed by atoms with Gasteiger partial charge in [-0.1, -0.05) is 41.6 Å². The molecule has 3 unspecified atom stereocenters. The van der Waals surface area contributed by atoms with Crippen molar-refractivity contribution in [2.75, 3.05) is 13.7 Å². The van der Waals surface area contributed by atoms with E-state index in [1.807, 2.05) is 0 Å². The molecule has 0 bridgehead atoms. The van der Waals surface area contributed by atoms with Gasteiger partial charge in [-0.25, -0.2) is 14.0 Å².